The Hall–Kier alpha value is -1.21. The molecule has 1 aromatic heterocycles. The molecule has 2 fully saturated rings. The third-order valence-corrected chi connectivity index (χ3v) is 5.96. The number of aromatic nitrogens is 2. The van der Waals surface area contributed by atoms with Gasteiger partial charge in [-0.2, -0.15) is 0 Å². The van der Waals surface area contributed by atoms with Crippen molar-refractivity contribution in [2.45, 2.75) is 48.9 Å². The van der Waals surface area contributed by atoms with Gasteiger partial charge in [-0.3, -0.25) is 0 Å². The summed E-state index contributed by atoms with van der Waals surface area (Å²) in [5.41, 5.74) is 0. The van der Waals surface area contributed by atoms with Crippen LogP contribution in [0.2, 0.25) is 0 Å². The first-order valence-electron chi connectivity index (χ1n) is 7.04. The average Bonchev–Trinajstić information content (AvgIpc) is 3.22. The summed E-state index contributed by atoms with van der Waals surface area (Å²) in [6.45, 7) is 5.90. The first kappa shape index (κ1) is 13.8. The highest BCUT2D eigenvalue weighted by Crippen LogP contribution is 2.33. The maximum atomic E-state index is 12.1. The molecular weight excluding hydrogens is 276 g/mol. The van der Waals surface area contributed by atoms with Crippen LogP contribution < -0.4 is 10.2 Å². The molecule has 1 saturated carbocycles. The first-order chi connectivity index (χ1) is 9.46. The van der Waals surface area contributed by atoms with Crippen molar-refractivity contribution in [3.63, 3.8) is 0 Å². The summed E-state index contributed by atoms with van der Waals surface area (Å²) < 4.78 is 24.2. The molecule has 0 spiro atoms. The Balaban J connectivity index is 1.79. The second-order valence-corrected chi connectivity index (χ2v) is 8.06. The largest absolute Gasteiger partial charge is 0.338 e. The minimum absolute atomic E-state index is 0.212. The second-order valence-electron chi connectivity index (χ2n) is 5.84. The fourth-order valence-corrected chi connectivity index (χ4v) is 4.22. The Bertz CT molecular complexity index is 573. The summed E-state index contributed by atoms with van der Waals surface area (Å²) in [5, 5.41) is 3.23. The zero-order valence-electron chi connectivity index (χ0n) is 11.8. The van der Waals surface area contributed by atoms with Crippen LogP contribution in [-0.2, 0) is 9.84 Å². The molecule has 7 heteroatoms. The van der Waals surface area contributed by atoms with Crippen LogP contribution in [-0.4, -0.2) is 48.8 Å². The van der Waals surface area contributed by atoms with E-state index < -0.39 is 9.84 Å². The molecule has 2 atom stereocenters. The molecule has 6 nitrogen and oxygen atoms in total. The van der Waals surface area contributed by atoms with Crippen molar-refractivity contribution in [3.05, 3.63) is 12.4 Å². The number of sulfone groups is 1. The van der Waals surface area contributed by atoms with Gasteiger partial charge in [0.15, 0.2) is 9.84 Å². The smallest absolute Gasteiger partial charge is 0.225 e. The number of rotatable bonds is 3. The Kier molecular flexibility index (Phi) is 3.41. The molecule has 0 unspecified atom stereocenters. The van der Waals surface area contributed by atoms with Crippen LogP contribution in [0.4, 0.5) is 5.95 Å². The van der Waals surface area contributed by atoms with Crippen molar-refractivity contribution >= 4 is 15.8 Å². The highest BCUT2D eigenvalue weighted by molar-refractivity contribution is 7.92. The first-order valence-corrected chi connectivity index (χ1v) is 8.58. The lowest BCUT2D eigenvalue weighted by atomic mass is 10.1. The third-order valence-electron chi connectivity index (χ3n) is 3.75. The molecule has 1 aliphatic heterocycles. The van der Waals surface area contributed by atoms with Crippen molar-refractivity contribution in [1.29, 1.82) is 0 Å². The zero-order chi connectivity index (χ0) is 14.3. The Labute approximate surface area is 119 Å². The minimum Gasteiger partial charge on any atom is -0.338 e. The maximum Gasteiger partial charge on any atom is 0.225 e. The molecule has 1 aromatic rings. The van der Waals surface area contributed by atoms with Crippen LogP contribution in [0.25, 0.3) is 0 Å². The van der Waals surface area contributed by atoms with E-state index in [0.29, 0.717) is 18.0 Å². The molecule has 0 aromatic carbocycles. The van der Waals surface area contributed by atoms with Crippen LogP contribution in [0, 0.1) is 0 Å². The summed E-state index contributed by atoms with van der Waals surface area (Å²) in [4.78, 5) is 10.9. The van der Waals surface area contributed by atoms with Gasteiger partial charge in [-0.1, -0.05) is 0 Å². The van der Waals surface area contributed by atoms with Gasteiger partial charge in [-0.05, 0) is 26.7 Å². The summed E-state index contributed by atoms with van der Waals surface area (Å²) in [6, 6.07) is 0.745. The number of piperazine rings is 1. The van der Waals surface area contributed by atoms with Crippen LogP contribution in [0.15, 0.2) is 17.3 Å². The molecular formula is C13H20N4O2S. The van der Waals surface area contributed by atoms with Gasteiger partial charge in [0.1, 0.15) is 4.90 Å². The molecule has 110 valence electrons. The molecule has 2 heterocycles. The van der Waals surface area contributed by atoms with E-state index in [-0.39, 0.29) is 10.1 Å². The topological polar surface area (TPSA) is 75.2 Å². The van der Waals surface area contributed by atoms with Gasteiger partial charge >= 0.3 is 0 Å². The number of hydrogen-bond donors (Lipinski definition) is 1. The summed E-state index contributed by atoms with van der Waals surface area (Å²) in [5.74, 6) is 0.611. The van der Waals surface area contributed by atoms with Crippen molar-refractivity contribution in [2.24, 2.45) is 0 Å². The molecule has 0 radical (unpaired) electrons. The molecule has 1 saturated heterocycles. The van der Waals surface area contributed by atoms with E-state index in [1.807, 2.05) is 0 Å². The van der Waals surface area contributed by atoms with E-state index in [0.717, 1.165) is 25.9 Å². The number of anilines is 1. The minimum atomic E-state index is -3.19. The van der Waals surface area contributed by atoms with E-state index in [1.54, 1.807) is 0 Å². The van der Waals surface area contributed by atoms with Crippen molar-refractivity contribution in [3.8, 4) is 0 Å². The lowest BCUT2D eigenvalue weighted by Crippen LogP contribution is -2.54. The predicted molar refractivity (Wildman–Crippen MR) is 76.5 cm³/mol. The highest BCUT2D eigenvalue weighted by atomic mass is 32.2. The van der Waals surface area contributed by atoms with Crippen molar-refractivity contribution in [1.82, 2.24) is 15.3 Å². The van der Waals surface area contributed by atoms with E-state index in [9.17, 15) is 8.42 Å². The number of hydrogen-bond acceptors (Lipinski definition) is 6. The molecule has 0 bridgehead atoms. The highest BCUT2D eigenvalue weighted by Gasteiger charge is 2.37. The number of nitrogens with zero attached hydrogens (tertiary/aromatic N) is 3. The van der Waals surface area contributed by atoms with Crippen molar-refractivity contribution < 1.29 is 8.42 Å². The van der Waals surface area contributed by atoms with E-state index >= 15 is 0 Å². The fourth-order valence-electron chi connectivity index (χ4n) is 2.68. The Morgan fingerprint density at radius 1 is 1.15 bits per heavy atom. The van der Waals surface area contributed by atoms with E-state index in [1.165, 1.54) is 12.4 Å². The predicted octanol–water partition coefficient (Wildman–Crippen LogP) is 0.599. The monoisotopic (exact) mass is 296 g/mol. The standard InChI is InChI=1S/C13H20N4O2S/c1-9-7-17(8-10(2)16-9)13-14-5-12(6-15-13)20(18,19)11-3-4-11/h5-6,9-11,16H,3-4,7-8H2,1-2H3/t9-,10-/m1/s1. The van der Waals surface area contributed by atoms with Gasteiger partial charge in [-0.15, -0.1) is 0 Å². The van der Waals surface area contributed by atoms with Gasteiger partial charge in [-0.25, -0.2) is 18.4 Å². The van der Waals surface area contributed by atoms with E-state index in [2.05, 4.69) is 34.0 Å². The lowest BCUT2D eigenvalue weighted by Gasteiger charge is -2.36. The Morgan fingerprint density at radius 2 is 1.70 bits per heavy atom. The van der Waals surface area contributed by atoms with Crippen LogP contribution in [0.1, 0.15) is 26.7 Å². The average molecular weight is 296 g/mol. The SMILES string of the molecule is C[C@@H]1CN(c2ncc(S(=O)(=O)C3CC3)cn2)C[C@@H](C)N1. The van der Waals surface area contributed by atoms with Gasteiger partial charge < -0.3 is 10.2 Å². The van der Waals surface area contributed by atoms with Gasteiger partial charge in [0.2, 0.25) is 5.95 Å². The van der Waals surface area contributed by atoms with Crippen LogP contribution in [0.3, 0.4) is 0 Å². The Morgan fingerprint density at radius 3 is 2.20 bits per heavy atom. The molecule has 1 N–H and O–H groups in total. The van der Waals surface area contributed by atoms with Gasteiger partial charge in [0, 0.05) is 25.2 Å². The fraction of sp³-hybridized carbons (Fsp3) is 0.692. The molecule has 0 amide bonds. The normalized spacial score (nSPS) is 27.6. The van der Waals surface area contributed by atoms with E-state index in [4.69, 9.17) is 0 Å². The zero-order valence-corrected chi connectivity index (χ0v) is 12.6. The maximum absolute atomic E-state index is 12.1. The van der Waals surface area contributed by atoms with Crippen LogP contribution in [0.5, 0.6) is 0 Å². The summed E-state index contributed by atoms with van der Waals surface area (Å²) in [7, 11) is -3.19. The second kappa shape index (κ2) is 4.96. The van der Waals surface area contributed by atoms with Crippen LogP contribution >= 0.6 is 0 Å². The molecule has 1 aliphatic carbocycles. The van der Waals surface area contributed by atoms with Gasteiger partial charge in [0.05, 0.1) is 17.6 Å². The summed E-state index contributed by atoms with van der Waals surface area (Å²) in [6.07, 6.45) is 4.43. The molecule has 2 aliphatic rings. The quantitative estimate of drug-likeness (QED) is 0.880. The summed E-state index contributed by atoms with van der Waals surface area (Å²) >= 11 is 0. The number of nitrogens with one attached hydrogen (secondary N) is 1. The molecule has 3 rings (SSSR count). The molecule has 20 heavy (non-hydrogen) atoms. The third kappa shape index (κ3) is 2.64. The van der Waals surface area contributed by atoms with Gasteiger partial charge in [0.25, 0.3) is 0 Å². The lowest BCUT2D eigenvalue weighted by molar-refractivity contribution is 0.403. The van der Waals surface area contributed by atoms with Crippen molar-refractivity contribution in [2.75, 3.05) is 18.0 Å².